The molecule has 0 spiro atoms. The second-order valence-electron chi connectivity index (χ2n) is 6.42. The van der Waals surface area contributed by atoms with Crippen LogP contribution in [0.5, 0.6) is 0 Å². The quantitative estimate of drug-likeness (QED) is 0.446. The number of halogens is 1. The lowest BCUT2D eigenvalue weighted by atomic mass is 10.1. The summed E-state index contributed by atoms with van der Waals surface area (Å²) in [4.78, 5) is 28.5. The number of esters is 1. The molecule has 0 saturated heterocycles. The largest absolute Gasteiger partial charge is 0.469 e. The van der Waals surface area contributed by atoms with Crippen molar-refractivity contribution in [2.24, 2.45) is 5.92 Å². The zero-order valence-corrected chi connectivity index (χ0v) is 16.3. The molecule has 146 valence electrons. The van der Waals surface area contributed by atoms with Gasteiger partial charge in [0.05, 0.1) is 13.0 Å². The Kier molecular flexibility index (Phi) is 9.88. The van der Waals surface area contributed by atoms with E-state index in [0.717, 1.165) is 32.5 Å². The second kappa shape index (κ2) is 11.6. The van der Waals surface area contributed by atoms with Gasteiger partial charge in [0, 0.05) is 18.7 Å². The highest BCUT2D eigenvalue weighted by atomic mass is 19.1. The maximum Gasteiger partial charge on any atom is 0.310 e. The predicted molar refractivity (Wildman–Crippen MR) is 101 cm³/mol. The minimum atomic E-state index is -0.446. The van der Waals surface area contributed by atoms with E-state index < -0.39 is 11.7 Å². The van der Waals surface area contributed by atoms with Crippen molar-refractivity contribution in [3.8, 4) is 0 Å². The molecule has 0 aliphatic carbocycles. The third-order valence-electron chi connectivity index (χ3n) is 4.50. The van der Waals surface area contributed by atoms with Crippen LogP contribution in [0.25, 0.3) is 0 Å². The Morgan fingerprint density at radius 2 is 1.81 bits per heavy atom. The Bertz CT molecular complexity index is 576. The number of unbranched alkanes of at least 4 members (excludes halogenated alkanes) is 1. The number of carbonyl (C=O) groups is 2. The van der Waals surface area contributed by atoms with Gasteiger partial charge in [-0.2, -0.15) is 0 Å². The van der Waals surface area contributed by atoms with Gasteiger partial charge >= 0.3 is 5.97 Å². The predicted octanol–water partition coefficient (Wildman–Crippen LogP) is 3.20. The fourth-order valence-electron chi connectivity index (χ4n) is 2.86. The Labute approximate surface area is 156 Å². The third kappa shape index (κ3) is 7.12. The molecule has 1 rings (SSSR count). The summed E-state index contributed by atoms with van der Waals surface area (Å²) in [5.41, 5.74) is 0.297. The number of methoxy groups -OCH3 is 1. The standard InChI is InChI=1S/C20H31FN2O3/c1-5-22(6-2)12-7-8-13-23(15-16(3)20(25)26-4)19(24)17-10-9-11-18(21)14-17/h9-11,14,16H,5-8,12-13,15H2,1-4H3. The summed E-state index contributed by atoms with van der Waals surface area (Å²) in [6.07, 6.45) is 1.78. The highest BCUT2D eigenvalue weighted by Crippen LogP contribution is 2.12. The zero-order valence-electron chi connectivity index (χ0n) is 16.3. The van der Waals surface area contributed by atoms with Crippen molar-refractivity contribution in [2.75, 3.05) is 39.8 Å². The molecule has 0 aliphatic heterocycles. The summed E-state index contributed by atoms with van der Waals surface area (Å²) in [6.45, 7) is 9.74. The van der Waals surface area contributed by atoms with Gasteiger partial charge in [-0.05, 0) is 50.7 Å². The molecule has 0 aliphatic rings. The molecule has 0 fully saturated rings. The van der Waals surface area contributed by atoms with Gasteiger partial charge in [0.1, 0.15) is 5.82 Å². The van der Waals surface area contributed by atoms with Crippen LogP contribution in [-0.4, -0.2) is 61.5 Å². The number of hydrogen-bond acceptors (Lipinski definition) is 4. The van der Waals surface area contributed by atoms with Crippen LogP contribution in [0.15, 0.2) is 24.3 Å². The summed E-state index contributed by atoms with van der Waals surface area (Å²) in [6, 6.07) is 5.65. The first-order chi connectivity index (χ1) is 12.4. The van der Waals surface area contributed by atoms with Gasteiger partial charge < -0.3 is 14.5 Å². The fourth-order valence-corrected chi connectivity index (χ4v) is 2.86. The Morgan fingerprint density at radius 3 is 2.38 bits per heavy atom. The minimum absolute atomic E-state index is 0.257. The second-order valence-corrected chi connectivity index (χ2v) is 6.42. The molecule has 0 heterocycles. The first kappa shape index (κ1) is 22.1. The van der Waals surface area contributed by atoms with Crippen molar-refractivity contribution >= 4 is 11.9 Å². The molecule has 6 heteroatoms. The van der Waals surface area contributed by atoms with E-state index in [1.165, 1.54) is 25.3 Å². The number of carbonyl (C=O) groups excluding carboxylic acids is 2. The van der Waals surface area contributed by atoms with Crippen LogP contribution in [0.2, 0.25) is 0 Å². The van der Waals surface area contributed by atoms with Crippen LogP contribution in [0.1, 0.15) is 44.0 Å². The van der Waals surface area contributed by atoms with Crippen molar-refractivity contribution in [1.29, 1.82) is 0 Å². The molecule has 0 saturated carbocycles. The topological polar surface area (TPSA) is 49.9 Å². The molecular weight excluding hydrogens is 335 g/mol. The van der Waals surface area contributed by atoms with Crippen LogP contribution in [-0.2, 0) is 9.53 Å². The summed E-state index contributed by atoms with van der Waals surface area (Å²) in [7, 11) is 1.33. The summed E-state index contributed by atoms with van der Waals surface area (Å²) in [5.74, 6) is -1.49. The van der Waals surface area contributed by atoms with Gasteiger partial charge in [0.2, 0.25) is 0 Å². The normalized spacial score (nSPS) is 12.1. The maximum absolute atomic E-state index is 13.5. The van der Waals surface area contributed by atoms with Gasteiger partial charge in [-0.15, -0.1) is 0 Å². The lowest BCUT2D eigenvalue weighted by molar-refractivity contribution is -0.145. The number of rotatable bonds is 11. The first-order valence-electron chi connectivity index (χ1n) is 9.27. The third-order valence-corrected chi connectivity index (χ3v) is 4.50. The van der Waals surface area contributed by atoms with Crippen LogP contribution >= 0.6 is 0 Å². The van der Waals surface area contributed by atoms with Gasteiger partial charge in [-0.3, -0.25) is 9.59 Å². The number of ether oxygens (including phenoxy) is 1. The maximum atomic E-state index is 13.5. The number of amides is 1. The average Bonchev–Trinajstić information content (AvgIpc) is 2.65. The van der Waals surface area contributed by atoms with E-state index >= 15 is 0 Å². The Morgan fingerprint density at radius 1 is 1.15 bits per heavy atom. The SMILES string of the molecule is CCN(CC)CCCCN(CC(C)C(=O)OC)C(=O)c1cccc(F)c1. The highest BCUT2D eigenvalue weighted by molar-refractivity contribution is 5.94. The van der Waals surface area contributed by atoms with Crippen molar-refractivity contribution in [3.63, 3.8) is 0 Å². The van der Waals surface area contributed by atoms with Gasteiger partial charge in [-0.1, -0.05) is 26.8 Å². The summed E-state index contributed by atoms with van der Waals surface area (Å²) in [5, 5.41) is 0. The number of hydrogen-bond donors (Lipinski definition) is 0. The lowest BCUT2D eigenvalue weighted by Crippen LogP contribution is -2.38. The molecule has 1 aromatic carbocycles. The smallest absolute Gasteiger partial charge is 0.310 e. The zero-order chi connectivity index (χ0) is 19.5. The van der Waals surface area contributed by atoms with Gasteiger partial charge in [0.15, 0.2) is 0 Å². The van der Waals surface area contributed by atoms with Crippen molar-refractivity contribution in [1.82, 2.24) is 9.80 Å². The molecule has 1 unspecified atom stereocenters. The number of benzene rings is 1. The van der Waals surface area contributed by atoms with E-state index in [0.29, 0.717) is 12.1 Å². The lowest BCUT2D eigenvalue weighted by Gasteiger charge is -2.26. The molecule has 5 nitrogen and oxygen atoms in total. The van der Waals surface area contributed by atoms with Crippen LogP contribution in [0.4, 0.5) is 4.39 Å². The molecule has 0 radical (unpaired) electrons. The van der Waals surface area contributed by atoms with Crippen LogP contribution in [0.3, 0.4) is 0 Å². The van der Waals surface area contributed by atoms with Crippen molar-refractivity contribution in [2.45, 2.75) is 33.6 Å². The van der Waals surface area contributed by atoms with E-state index in [9.17, 15) is 14.0 Å². The molecule has 0 bridgehead atoms. The molecule has 1 aromatic rings. The summed E-state index contributed by atoms with van der Waals surface area (Å²) < 4.78 is 18.2. The van der Waals surface area contributed by atoms with E-state index in [-0.39, 0.29) is 18.4 Å². The van der Waals surface area contributed by atoms with E-state index in [2.05, 4.69) is 18.7 Å². The van der Waals surface area contributed by atoms with Crippen molar-refractivity contribution in [3.05, 3.63) is 35.6 Å². The van der Waals surface area contributed by atoms with Crippen molar-refractivity contribution < 1.29 is 18.7 Å². The van der Waals surface area contributed by atoms with E-state index in [1.807, 2.05) is 0 Å². The monoisotopic (exact) mass is 366 g/mol. The molecule has 1 amide bonds. The minimum Gasteiger partial charge on any atom is -0.469 e. The van der Waals surface area contributed by atoms with Crippen LogP contribution in [0, 0.1) is 11.7 Å². The molecular formula is C20H31FN2O3. The fraction of sp³-hybridized carbons (Fsp3) is 0.600. The van der Waals surface area contributed by atoms with E-state index in [4.69, 9.17) is 4.74 Å². The molecule has 0 aromatic heterocycles. The van der Waals surface area contributed by atoms with Crippen LogP contribution < -0.4 is 0 Å². The molecule has 26 heavy (non-hydrogen) atoms. The molecule has 1 atom stereocenters. The highest BCUT2D eigenvalue weighted by Gasteiger charge is 2.22. The van der Waals surface area contributed by atoms with Gasteiger partial charge in [-0.25, -0.2) is 4.39 Å². The Hall–Kier alpha value is -1.95. The Balaban J connectivity index is 2.75. The van der Waals surface area contributed by atoms with Gasteiger partial charge in [0.25, 0.3) is 5.91 Å². The summed E-state index contributed by atoms with van der Waals surface area (Å²) >= 11 is 0. The molecule has 0 N–H and O–H groups in total. The first-order valence-corrected chi connectivity index (χ1v) is 9.27. The average molecular weight is 366 g/mol. The number of nitrogens with zero attached hydrogens (tertiary/aromatic N) is 2. The van der Waals surface area contributed by atoms with E-state index in [1.54, 1.807) is 17.9 Å².